The predicted molar refractivity (Wildman–Crippen MR) is 105 cm³/mol. The minimum atomic E-state index is -1.72. The van der Waals surface area contributed by atoms with Crippen LogP contribution in [0.5, 0.6) is 5.75 Å². The summed E-state index contributed by atoms with van der Waals surface area (Å²) in [6.45, 7) is 0. The lowest BCUT2D eigenvalue weighted by Crippen LogP contribution is -2.59. The molecule has 0 aliphatic carbocycles. The van der Waals surface area contributed by atoms with Gasteiger partial charge < -0.3 is 34.3 Å². The van der Waals surface area contributed by atoms with Gasteiger partial charge in [-0.25, -0.2) is 0 Å². The highest BCUT2D eigenvalue weighted by Crippen LogP contribution is 2.27. The van der Waals surface area contributed by atoms with Crippen LogP contribution in [0.1, 0.15) is 0 Å². The quantitative estimate of drug-likeness (QED) is 0.457. The number of hydrogen-bond acceptors (Lipinski definition) is 8. The Labute approximate surface area is 172 Å². The van der Waals surface area contributed by atoms with Crippen molar-refractivity contribution in [3.8, 4) is 16.9 Å². The van der Waals surface area contributed by atoms with E-state index in [1.54, 1.807) is 12.1 Å². The molecule has 2 heterocycles. The minimum Gasteiger partial charge on any atom is -0.463 e. The maximum Gasteiger partial charge on any atom is 0.231 e. The van der Waals surface area contributed by atoms with Crippen LogP contribution in [-0.4, -0.2) is 51.3 Å². The van der Waals surface area contributed by atoms with Gasteiger partial charge in [0.05, 0.1) is 10.9 Å². The van der Waals surface area contributed by atoms with Gasteiger partial charge in [-0.05, 0) is 29.8 Å². The molecule has 3 aromatic rings. The van der Waals surface area contributed by atoms with Gasteiger partial charge in [-0.3, -0.25) is 4.79 Å². The van der Waals surface area contributed by atoms with Crippen molar-refractivity contribution >= 4 is 26.9 Å². The smallest absolute Gasteiger partial charge is 0.231 e. The molecule has 5 atom stereocenters. The molecule has 152 valence electrons. The van der Waals surface area contributed by atoms with Crippen LogP contribution >= 0.6 is 15.9 Å². The van der Waals surface area contributed by atoms with Crippen molar-refractivity contribution in [2.75, 3.05) is 0 Å². The Kier molecular flexibility index (Phi) is 5.43. The lowest BCUT2D eigenvalue weighted by molar-refractivity contribution is -0.321. The zero-order valence-corrected chi connectivity index (χ0v) is 16.4. The fourth-order valence-corrected chi connectivity index (χ4v) is 3.34. The second-order valence-corrected chi connectivity index (χ2v) is 7.54. The topological polar surface area (TPSA) is 130 Å². The maximum absolute atomic E-state index is 12.8. The van der Waals surface area contributed by atoms with E-state index in [-0.39, 0.29) is 16.8 Å². The average molecular weight is 465 g/mol. The number of ether oxygens (including phenoxy) is 2. The van der Waals surface area contributed by atoms with E-state index in [1.807, 2.05) is 12.1 Å². The molecule has 1 aromatic heterocycles. The Morgan fingerprint density at radius 3 is 2.38 bits per heavy atom. The van der Waals surface area contributed by atoms with Gasteiger partial charge in [-0.1, -0.05) is 28.1 Å². The molecule has 1 aliphatic heterocycles. The maximum atomic E-state index is 12.8. The van der Waals surface area contributed by atoms with Crippen molar-refractivity contribution in [2.45, 2.75) is 30.9 Å². The van der Waals surface area contributed by atoms with E-state index in [0.717, 1.165) is 4.47 Å². The van der Waals surface area contributed by atoms with Crippen LogP contribution in [0.25, 0.3) is 22.1 Å². The van der Waals surface area contributed by atoms with Crippen LogP contribution in [0.2, 0.25) is 0 Å². The summed E-state index contributed by atoms with van der Waals surface area (Å²) in [4.78, 5) is 12.8. The van der Waals surface area contributed by atoms with E-state index < -0.39 is 30.9 Å². The molecule has 0 amide bonds. The molecule has 0 bridgehead atoms. The summed E-state index contributed by atoms with van der Waals surface area (Å²) in [7, 11) is 0. The first kappa shape index (κ1) is 20.0. The Morgan fingerprint density at radius 2 is 1.66 bits per heavy atom. The first-order valence-electron chi connectivity index (χ1n) is 8.71. The lowest BCUT2D eigenvalue weighted by Gasteiger charge is -2.37. The van der Waals surface area contributed by atoms with Crippen molar-refractivity contribution in [1.82, 2.24) is 0 Å². The highest BCUT2D eigenvalue weighted by Gasteiger charge is 2.44. The predicted octanol–water partition coefficient (Wildman–Crippen LogP) is 1.36. The second kappa shape index (κ2) is 7.86. The molecular weight excluding hydrogens is 448 g/mol. The van der Waals surface area contributed by atoms with Crippen LogP contribution in [-0.2, 0) is 4.74 Å². The molecule has 2 aromatic carbocycles. The summed E-state index contributed by atoms with van der Waals surface area (Å²) in [6.07, 6.45) is -6.67. The molecule has 1 fully saturated rings. The summed E-state index contributed by atoms with van der Waals surface area (Å²) in [6, 6.07) is 11.7. The molecule has 4 rings (SSSR count). The highest BCUT2D eigenvalue weighted by atomic mass is 79.9. The number of benzene rings is 2. The molecule has 29 heavy (non-hydrogen) atoms. The van der Waals surface area contributed by atoms with Crippen LogP contribution in [0.4, 0.5) is 0 Å². The molecule has 4 N–H and O–H groups in total. The van der Waals surface area contributed by atoms with Crippen molar-refractivity contribution in [3.63, 3.8) is 0 Å². The van der Waals surface area contributed by atoms with Crippen molar-refractivity contribution in [1.29, 1.82) is 0 Å². The van der Waals surface area contributed by atoms with Crippen molar-refractivity contribution in [2.24, 2.45) is 0 Å². The molecule has 8 nitrogen and oxygen atoms in total. The number of aliphatic hydroxyl groups excluding tert-OH is 4. The van der Waals surface area contributed by atoms with Crippen LogP contribution < -0.4 is 10.2 Å². The largest absolute Gasteiger partial charge is 0.463 e. The summed E-state index contributed by atoms with van der Waals surface area (Å²) in [5, 5.41) is 39.2. The van der Waals surface area contributed by atoms with Gasteiger partial charge in [0.2, 0.25) is 6.29 Å². The van der Waals surface area contributed by atoms with Gasteiger partial charge in [-0.15, -0.1) is 0 Å². The Bertz CT molecular complexity index is 1080. The highest BCUT2D eigenvalue weighted by molar-refractivity contribution is 9.10. The Hall–Kier alpha value is -2.27. The van der Waals surface area contributed by atoms with Crippen molar-refractivity contribution in [3.05, 3.63) is 63.4 Å². The molecule has 0 spiro atoms. The van der Waals surface area contributed by atoms with Gasteiger partial charge in [0.15, 0.2) is 11.7 Å². The van der Waals surface area contributed by atoms with Gasteiger partial charge in [0.25, 0.3) is 0 Å². The Balaban J connectivity index is 1.63. The number of rotatable bonds is 3. The summed E-state index contributed by atoms with van der Waals surface area (Å²) in [5.41, 5.74) is 1.15. The number of halogens is 1. The van der Waals surface area contributed by atoms with E-state index in [2.05, 4.69) is 15.9 Å². The van der Waals surface area contributed by atoms with Gasteiger partial charge in [0, 0.05) is 10.5 Å². The fourth-order valence-electron chi connectivity index (χ4n) is 3.07. The van der Waals surface area contributed by atoms with E-state index in [4.69, 9.17) is 13.9 Å². The normalized spacial score (nSPS) is 27.1. The van der Waals surface area contributed by atoms with E-state index in [9.17, 15) is 25.2 Å². The molecule has 0 radical (unpaired) electrons. The average Bonchev–Trinajstić information content (AvgIpc) is 2.71. The second-order valence-electron chi connectivity index (χ2n) is 6.63. The number of hydrogen-bond donors (Lipinski definition) is 4. The van der Waals surface area contributed by atoms with E-state index in [0.29, 0.717) is 16.5 Å². The van der Waals surface area contributed by atoms with Crippen LogP contribution in [0, 0.1) is 0 Å². The lowest BCUT2D eigenvalue weighted by atomic mass is 10.0. The minimum absolute atomic E-state index is 0.178. The fraction of sp³-hybridized carbons (Fsp3) is 0.250. The summed E-state index contributed by atoms with van der Waals surface area (Å²) >= 11 is 3.35. The first-order valence-corrected chi connectivity index (χ1v) is 9.50. The van der Waals surface area contributed by atoms with Crippen molar-refractivity contribution < 1.29 is 34.3 Å². The monoisotopic (exact) mass is 464 g/mol. The van der Waals surface area contributed by atoms with Gasteiger partial charge in [-0.2, -0.15) is 0 Å². The number of aliphatic hydroxyl groups is 4. The first-order chi connectivity index (χ1) is 13.8. The SMILES string of the molecule is O=c1c(-c2ccc(Br)cc2)coc2cc(OC3OC(O)C(O)C(O)C3O)ccc12. The third-order valence-corrected chi connectivity index (χ3v) is 5.23. The molecule has 1 aliphatic rings. The molecule has 9 heteroatoms. The van der Waals surface area contributed by atoms with E-state index >= 15 is 0 Å². The zero-order chi connectivity index (χ0) is 20.7. The van der Waals surface area contributed by atoms with Gasteiger partial charge >= 0.3 is 0 Å². The van der Waals surface area contributed by atoms with Gasteiger partial charge in [0.1, 0.15) is 35.9 Å². The summed E-state index contributed by atoms with van der Waals surface area (Å²) < 4.78 is 16.9. The molecule has 0 saturated carbocycles. The van der Waals surface area contributed by atoms with E-state index in [1.165, 1.54) is 24.5 Å². The molecule has 1 saturated heterocycles. The van der Waals surface area contributed by atoms with Crippen LogP contribution in [0.3, 0.4) is 0 Å². The zero-order valence-electron chi connectivity index (χ0n) is 14.8. The third-order valence-electron chi connectivity index (χ3n) is 4.70. The summed E-state index contributed by atoms with van der Waals surface area (Å²) in [5.74, 6) is 0.178. The van der Waals surface area contributed by atoms with Crippen LogP contribution in [0.15, 0.2) is 62.4 Å². The number of fused-ring (bicyclic) bond motifs is 1. The third kappa shape index (κ3) is 3.80. The Morgan fingerprint density at radius 1 is 0.931 bits per heavy atom. The standard InChI is InChI=1S/C20H17BrO8/c21-10-3-1-9(2-4-10)13-8-27-14-7-11(5-6-12(14)15(13)22)28-20-18(25)16(23)17(24)19(26)29-20/h1-8,16-20,23-26H. The molecular formula is C20H17BrO8. The molecule has 5 unspecified atom stereocenters.